The van der Waals surface area contributed by atoms with Crippen molar-refractivity contribution in [1.29, 1.82) is 0 Å². The highest BCUT2D eigenvalue weighted by Crippen LogP contribution is 2.63. The Morgan fingerprint density at radius 3 is 2.12 bits per heavy atom. The molecule has 11 atom stereocenters. The van der Waals surface area contributed by atoms with Crippen LogP contribution in [0.15, 0.2) is 71.8 Å². The quantitative estimate of drug-likeness (QED) is 0.145. The lowest BCUT2D eigenvalue weighted by molar-refractivity contribution is -0.346. The standard InChI is InChI=1S/C44H53NO14/c1-8-15-31(49)58-35(33(26-16-11-9-12-17-26)45-39(52)27-18-13-10-14-19-27)40(53)57-28-21-44(54)38(51)36-42(7,29(48)20-30-43(36,22-55-30)59-25(4)47)37(50)34(56-24(3)46)32(23(28)2)41(44,5)6/h9-14,16-19,28-30,33-36,38,48,51,54H,8,15,20-22H2,1-7H3,(H,45,52)/t28-,29-,30+,33-,34+,35+,36-,38-,42+,43-,44+/m0/s1. The number of benzene rings is 2. The van der Waals surface area contributed by atoms with Crippen molar-refractivity contribution >= 4 is 35.6 Å². The summed E-state index contributed by atoms with van der Waals surface area (Å²) in [5.41, 5.74) is -6.77. The highest BCUT2D eigenvalue weighted by molar-refractivity contribution is 5.96. The van der Waals surface area contributed by atoms with Gasteiger partial charge in [-0.2, -0.15) is 0 Å². The Morgan fingerprint density at radius 2 is 1.56 bits per heavy atom. The molecule has 15 heteroatoms. The molecule has 4 N–H and O–H groups in total. The van der Waals surface area contributed by atoms with E-state index in [0.29, 0.717) is 12.0 Å². The Labute approximate surface area is 342 Å². The minimum atomic E-state index is -2.35. The molecule has 1 amide bonds. The molecule has 0 spiro atoms. The molecular formula is C44H53NO14. The van der Waals surface area contributed by atoms with Crippen LogP contribution in [0.4, 0.5) is 0 Å². The first-order chi connectivity index (χ1) is 27.7. The number of carbonyl (C=O) groups excluding carboxylic acids is 6. The van der Waals surface area contributed by atoms with E-state index >= 15 is 4.79 Å². The van der Waals surface area contributed by atoms with Gasteiger partial charge in [0.2, 0.25) is 6.10 Å². The molecule has 4 aliphatic rings. The van der Waals surface area contributed by atoms with E-state index < -0.39 is 113 Å². The van der Waals surface area contributed by atoms with Crippen LogP contribution in [-0.2, 0) is 47.7 Å². The first-order valence-electron chi connectivity index (χ1n) is 19.9. The molecule has 318 valence electrons. The van der Waals surface area contributed by atoms with Gasteiger partial charge in [0.15, 0.2) is 17.5 Å². The fourth-order valence-electron chi connectivity index (χ4n) is 9.81. The molecule has 0 radical (unpaired) electrons. The van der Waals surface area contributed by atoms with Crippen LogP contribution in [-0.4, -0.2) is 105 Å². The Hall–Kier alpha value is -4.96. The molecule has 1 heterocycles. The number of carbonyl (C=O) groups is 6. The number of rotatable bonds is 11. The van der Waals surface area contributed by atoms with E-state index in [9.17, 15) is 39.3 Å². The highest BCUT2D eigenvalue weighted by atomic mass is 16.6. The molecule has 15 nitrogen and oxygen atoms in total. The van der Waals surface area contributed by atoms with Gasteiger partial charge in [-0.05, 0) is 49.1 Å². The van der Waals surface area contributed by atoms with Crippen LogP contribution in [0.5, 0.6) is 0 Å². The number of nitrogens with one attached hydrogen (secondary N) is 1. The number of ketones is 1. The summed E-state index contributed by atoms with van der Waals surface area (Å²) in [7, 11) is 0. The van der Waals surface area contributed by atoms with Gasteiger partial charge < -0.3 is 44.3 Å². The van der Waals surface area contributed by atoms with Crippen molar-refractivity contribution < 1.29 is 67.8 Å². The normalized spacial score (nSPS) is 32.9. The summed E-state index contributed by atoms with van der Waals surface area (Å²) >= 11 is 0. The number of esters is 4. The van der Waals surface area contributed by atoms with Gasteiger partial charge in [0.1, 0.15) is 23.9 Å². The van der Waals surface area contributed by atoms with Crippen molar-refractivity contribution in [3.05, 3.63) is 82.9 Å². The Bertz CT molecular complexity index is 2020. The lowest BCUT2D eigenvalue weighted by Gasteiger charge is -2.67. The predicted molar refractivity (Wildman–Crippen MR) is 207 cm³/mol. The molecular weight excluding hydrogens is 766 g/mol. The molecule has 2 aromatic rings. The third-order valence-corrected chi connectivity index (χ3v) is 13.0. The van der Waals surface area contributed by atoms with Crippen LogP contribution < -0.4 is 5.32 Å². The topological polar surface area (TPSA) is 221 Å². The molecule has 2 bridgehead atoms. The molecule has 1 aliphatic heterocycles. The van der Waals surface area contributed by atoms with E-state index in [-0.39, 0.29) is 36.2 Å². The van der Waals surface area contributed by atoms with Gasteiger partial charge in [0.05, 0.1) is 24.2 Å². The summed E-state index contributed by atoms with van der Waals surface area (Å²) in [5.74, 6) is -6.47. The summed E-state index contributed by atoms with van der Waals surface area (Å²) < 4.78 is 29.4. The van der Waals surface area contributed by atoms with Gasteiger partial charge in [0.25, 0.3) is 5.91 Å². The molecule has 3 aliphatic carbocycles. The number of hydrogen-bond donors (Lipinski definition) is 4. The molecule has 3 fully saturated rings. The van der Waals surface area contributed by atoms with Gasteiger partial charge in [-0.15, -0.1) is 0 Å². The third kappa shape index (κ3) is 7.36. The van der Waals surface area contributed by atoms with Crippen molar-refractivity contribution in [3.63, 3.8) is 0 Å². The second-order valence-electron chi connectivity index (χ2n) is 16.8. The summed E-state index contributed by atoms with van der Waals surface area (Å²) in [6.07, 6.45) is -9.85. The molecule has 59 heavy (non-hydrogen) atoms. The zero-order valence-corrected chi connectivity index (χ0v) is 34.3. The van der Waals surface area contributed by atoms with Gasteiger partial charge in [0, 0.05) is 50.0 Å². The second kappa shape index (κ2) is 16.2. The van der Waals surface area contributed by atoms with Crippen molar-refractivity contribution in [1.82, 2.24) is 5.32 Å². The minimum Gasteiger partial charge on any atom is -0.455 e. The van der Waals surface area contributed by atoms with Gasteiger partial charge in [-0.25, -0.2) is 4.79 Å². The fraction of sp³-hybridized carbons (Fsp3) is 0.545. The number of aliphatic hydroxyl groups is 3. The maximum absolute atomic E-state index is 15.1. The molecule has 2 saturated carbocycles. The lowest BCUT2D eigenvalue weighted by atomic mass is 9.44. The predicted octanol–water partition coefficient (Wildman–Crippen LogP) is 3.22. The first-order valence-corrected chi connectivity index (χ1v) is 19.9. The molecule has 2 aromatic carbocycles. The molecule has 1 saturated heterocycles. The maximum Gasteiger partial charge on any atom is 0.350 e. The number of amides is 1. The van der Waals surface area contributed by atoms with Crippen molar-refractivity contribution in [2.24, 2.45) is 16.7 Å². The van der Waals surface area contributed by atoms with E-state index in [0.717, 1.165) is 13.8 Å². The number of ether oxygens (including phenoxy) is 5. The average Bonchev–Trinajstić information content (AvgIpc) is 3.18. The van der Waals surface area contributed by atoms with Crippen LogP contribution in [0.3, 0.4) is 0 Å². The minimum absolute atomic E-state index is 0.0141. The number of Topliss-reactive ketones (excluding diaryl/α,β-unsaturated/α-hetero) is 1. The van der Waals surface area contributed by atoms with Crippen LogP contribution in [0.2, 0.25) is 0 Å². The Kier molecular flexibility index (Phi) is 12.0. The summed E-state index contributed by atoms with van der Waals surface area (Å²) in [6, 6.07) is 15.3. The zero-order chi connectivity index (χ0) is 43.2. The summed E-state index contributed by atoms with van der Waals surface area (Å²) in [6.45, 7) is 9.73. The van der Waals surface area contributed by atoms with Crippen LogP contribution in [0, 0.1) is 16.7 Å². The number of hydrogen-bond acceptors (Lipinski definition) is 14. The van der Waals surface area contributed by atoms with Crippen molar-refractivity contribution in [3.8, 4) is 0 Å². The maximum atomic E-state index is 15.1. The van der Waals surface area contributed by atoms with Gasteiger partial charge >= 0.3 is 23.9 Å². The smallest absolute Gasteiger partial charge is 0.350 e. The van der Waals surface area contributed by atoms with Gasteiger partial charge in [-0.1, -0.05) is 69.3 Å². The Balaban J connectivity index is 1.49. The largest absolute Gasteiger partial charge is 0.455 e. The average molecular weight is 820 g/mol. The van der Waals surface area contributed by atoms with Crippen LogP contribution in [0.25, 0.3) is 0 Å². The highest BCUT2D eigenvalue weighted by Gasteiger charge is 2.77. The van der Waals surface area contributed by atoms with Crippen LogP contribution in [0.1, 0.15) is 96.1 Å². The Morgan fingerprint density at radius 1 is 0.932 bits per heavy atom. The van der Waals surface area contributed by atoms with E-state index in [1.807, 2.05) is 0 Å². The number of fused-ring (bicyclic) bond motifs is 5. The lowest BCUT2D eigenvalue weighted by Crippen LogP contribution is -2.81. The van der Waals surface area contributed by atoms with Gasteiger partial charge in [-0.3, -0.25) is 24.0 Å². The first kappa shape index (κ1) is 43.6. The van der Waals surface area contributed by atoms with Crippen molar-refractivity contribution in [2.75, 3.05) is 6.61 Å². The van der Waals surface area contributed by atoms with E-state index in [4.69, 9.17) is 23.7 Å². The molecule has 0 unspecified atom stereocenters. The van der Waals surface area contributed by atoms with E-state index in [1.165, 1.54) is 13.8 Å². The van der Waals surface area contributed by atoms with Crippen LogP contribution >= 0.6 is 0 Å². The number of aliphatic hydroxyl groups excluding tert-OH is 2. The SMILES string of the molecule is CCCC(=O)O[C@@H](C(=O)O[C@H]1C[C@@]2(O)[C@@H](O)[C@@H]3[C@]4(OC(C)=O)CO[C@@H]4C[C@H](O)[C@@]3(C)C(=O)[C@H](OC(C)=O)C(=C1C)C2(C)C)[C@@H](NC(=O)c1ccccc1)c1ccccc1. The third-order valence-electron chi connectivity index (χ3n) is 13.0. The zero-order valence-electron chi connectivity index (χ0n) is 34.3. The molecule has 0 aromatic heterocycles. The monoisotopic (exact) mass is 819 g/mol. The summed E-state index contributed by atoms with van der Waals surface area (Å²) in [4.78, 5) is 82.1. The fourth-order valence-corrected chi connectivity index (χ4v) is 9.81. The second-order valence-corrected chi connectivity index (χ2v) is 16.8. The van der Waals surface area contributed by atoms with E-state index in [1.54, 1.807) is 81.4 Å². The summed E-state index contributed by atoms with van der Waals surface area (Å²) in [5, 5.41) is 40.4. The molecule has 6 rings (SSSR count). The van der Waals surface area contributed by atoms with E-state index in [2.05, 4.69) is 5.32 Å². The van der Waals surface area contributed by atoms with Crippen molar-refractivity contribution in [2.45, 2.75) is 128 Å².